The molecule has 0 spiro atoms. The number of nitrogens with two attached hydrogens (primary N) is 1. The van der Waals surface area contributed by atoms with Gasteiger partial charge in [-0.05, 0) is 66.1 Å². The average Bonchev–Trinajstić information content (AvgIpc) is 3.21. The zero-order valence-corrected chi connectivity index (χ0v) is 38.7. The Morgan fingerprint density at radius 3 is 1.18 bits per heavy atom. The number of hydrogen-bond acceptors (Lipinski definition) is 12. The van der Waals surface area contributed by atoms with Crippen molar-refractivity contribution in [2.24, 2.45) is 64.9 Å². The molecular weight excluding hydrogens is 789 g/mol. The molecule has 0 unspecified atom stereocenters. The Kier molecular flexibility index (Phi) is 18.0. The number of nitrogens with one attached hydrogen (secondary N) is 5. The van der Waals surface area contributed by atoms with E-state index in [1.54, 1.807) is 6.92 Å². The van der Waals surface area contributed by atoms with E-state index < -0.39 is 66.7 Å². The summed E-state index contributed by atoms with van der Waals surface area (Å²) in [7, 11) is 0. The van der Waals surface area contributed by atoms with E-state index >= 15 is 0 Å². The fraction of sp³-hybridized carbons (Fsp3) is 0.864. The molecule has 0 radical (unpaired) electrons. The topological polar surface area (TPSA) is 235 Å². The van der Waals surface area contributed by atoms with E-state index in [-0.39, 0.29) is 115 Å². The lowest BCUT2D eigenvalue weighted by Crippen LogP contribution is -2.63. The van der Waals surface area contributed by atoms with E-state index in [2.05, 4.69) is 47.4 Å². The second-order valence-corrected chi connectivity index (χ2v) is 18.6. The van der Waals surface area contributed by atoms with Crippen LogP contribution in [0.2, 0.25) is 0 Å². The third-order valence-corrected chi connectivity index (χ3v) is 15.0. The standard InChI is InChI=1S/C44H76N6O11/c1-14-57-44(56)40-36(50-30(13)52)26(9)24(7)34(61-40)18-47-42(54)38-28(11)20(3)22(5)32(59-38)16-48-43(55)39-35(49-29(12)51)25(8)23(6)33(60-39)17-46-41(53)37-27(10)19(2)21(4)31(15-45)58-37/h19-28,31-40H,14-18,45H2,1-13H3,(H,46,53)(H,47,54)(H,48,55)(H,49,51)(H,50,52)/t19-,20-,21-,22-,23-,24-,25-,26-,27+,28+,31+,32+,33+,34+,35+,36+,37+,38+,39+,40+/m0/s1. The summed E-state index contributed by atoms with van der Waals surface area (Å²) in [6.45, 7) is 25.4. The third kappa shape index (κ3) is 11.6. The highest BCUT2D eigenvalue weighted by atomic mass is 16.6. The first-order valence-electron chi connectivity index (χ1n) is 22.5. The first-order chi connectivity index (χ1) is 28.6. The molecule has 0 aromatic carbocycles. The molecule has 0 aromatic heterocycles. The molecule has 0 bridgehead atoms. The Morgan fingerprint density at radius 1 is 0.459 bits per heavy atom. The van der Waals surface area contributed by atoms with Gasteiger partial charge in [-0.2, -0.15) is 0 Å². The number of carbonyl (C=O) groups is 6. The lowest BCUT2D eigenvalue weighted by atomic mass is 9.76. The summed E-state index contributed by atoms with van der Waals surface area (Å²) < 4.78 is 30.6. The molecule has 0 aliphatic carbocycles. The van der Waals surface area contributed by atoms with Crippen molar-refractivity contribution >= 4 is 35.5 Å². The van der Waals surface area contributed by atoms with Crippen molar-refractivity contribution in [1.82, 2.24) is 26.6 Å². The lowest BCUT2D eigenvalue weighted by molar-refractivity contribution is -0.180. The summed E-state index contributed by atoms with van der Waals surface area (Å²) in [5.74, 6) is -2.58. The van der Waals surface area contributed by atoms with Gasteiger partial charge in [-0.3, -0.25) is 24.0 Å². The second-order valence-electron chi connectivity index (χ2n) is 18.6. The van der Waals surface area contributed by atoms with Crippen LogP contribution in [0.3, 0.4) is 0 Å². The van der Waals surface area contributed by atoms with Crippen LogP contribution in [0.25, 0.3) is 0 Å². The Labute approximate surface area is 362 Å². The zero-order chi connectivity index (χ0) is 45.6. The van der Waals surface area contributed by atoms with Crippen molar-refractivity contribution < 1.29 is 52.5 Å². The molecule has 0 aromatic rings. The SMILES string of the molecule is CCOC(=O)[C@@H]1O[C@H](CNC(=O)[C@@H]2O[C@H](CNC(=O)[C@@H]3O[C@H](CNC(=O)[C@@H]4O[C@H](CN)[C@@H](C)[C@H](C)[C@H]4C)[C@@H](C)[C@H](C)[C@H]3NC(C)=O)[C@@H](C)[C@H](C)[C@H]2C)[C@@H](C)[C@H](C)[C@H]1NC(C)=O. The van der Waals surface area contributed by atoms with Gasteiger partial charge in [0.25, 0.3) is 5.91 Å². The third-order valence-electron chi connectivity index (χ3n) is 15.0. The Morgan fingerprint density at radius 2 is 0.787 bits per heavy atom. The van der Waals surface area contributed by atoms with Gasteiger partial charge in [0.05, 0.1) is 43.1 Å². The van der Waals surface area contributed by atoms with Crippen molar-refractivity contribution in [2.45, 2.75) is 151 Å². The number of ether oxygens (including phenoxy) is 5. The minimum Gasteiger partial charge on any atom is -0.464 e. The quantitative estimate of drug-likeness (QED) is 0.136. The molecule has 4 aliphatic heterocycles. The summed E-state index contributed by atoms with van der Waals surface area (Å²) in [6.07, 6.45) is -5.46. The maximum absolute atomic E-state index is 14.1. The molecule has 4 rings (SSSR count). The summed E-state index contributed by atoms with van der Waals surface area (Å²) in [6, 6.07) is -1.23. The molecule has 4 heterocycles. The van der Waals surface area contributed by atoms with E-state index in [4.69, 9.17) is 29.4 Å². The van der Waals surface area contributed by atoms with Crippen molar-refractivity contribution in [2.75, 3.05) is 32.8 Å². The van der Waals surface area contributed by atoms with Gasteiger partial charge in [0.1, 0.15) is 12.2 Å². The van der Waals surface area contributed by atoms with Gasteiger partial charge in [-0.25, -0.2) is 4.79 Å². The zero-order valence-electron chi connectivity index (χ0n) is 38.7. The molecule has 4 aliphatic rings. The van der Waals surface area contributed by atoms with Crippen LogP contribution in [0, 0.1) is 59.2 Å². The minimum atomic E-state index is -1.07. The first-order valence-corrected chi connectivity index (χ1v) is 22.5. The van der Waals surface area contributed by atoms with E-state index in [1.807, 2.05) is 48.5 Å². The fourth-order valence-electron chi connectivity index (χ4n) is 9.75. The molecule has 4 saturated heterocycles. The predicted octanol–water partition coefficient (Wildman–Crippen LogP) is 1.30. The van der Waals surface area contributed by atoms with Crippen LogP contribution in [0.1, 0.15) is 90.0 Å². The second kappa shape index (κ2) is 21.8. The molecular formula is C44H76N6O11. The van der Waals surface area contributed by atoms with Crippen molar-refractivity contribution in [3.8, 4) is 0 Å². The number of esters is 1. The van der Waals surface area contributed by atoms with E-state index in [0.717, 1.165) is 0 Å². The van der Waals surface area contributed by atoms with Crippen LogP contribution in [0.4, 0.5) is 0 Å². The van der Waals surface area contributed by atoms with E-state index in [0.29, 0.717) is 6.54 Å². The average molecular weight is 865 g/mol. The summed E-state index contributed by atoms with van der Waals surface area (Å²) in [5.41, 5.74) is 5.97. The smallest absolute Gasteiger partial charge is 0.337 e. The van der Waals surface area contributed by atoms with Gasteiger partial charge >= 0.3 is 5.97 Å². The van der Waals surface area contributed by atoms with Gasteiger partial charge < -0.3 is 56.0 Å². The predicted molar refractivity (Wildman–Crippen MR) is 226 cm³/mol. The Hall–Kier alpha value is -3.38. The van der Waals surface area contributed by atoms with Gasteiger partial charge in [-0.15, -0.1) is 0 Å². The van der Waals surface area contributed by atoms with Gasteiger partial charge in [0.2, 0.25) is 23.6 Å². The molecule has 17 heteroatoms. The van der Waals surface area contributed by atoms with Gasteiger partial charge in [-0.1, -0.05) is 69.2 Å². The largest absolute Gasteiger partial charge is 0.464 e. The summed E-state index contributed by atoms with van der Waals surface area (Å²) >= 11 is 0. The molecule has 0 saturated carbocycles. The van der Waals surface area contributed by atoms with Gasteiger partial charge in [0, 0.05) is 40.0 Å². The molecule has 4 fully saturated rings. The monoisotopic (exact) mass is 865 g/mol. The molecule has 61 heavy (non-hydrogen) atoms. The van der Waals surface area contributed by atoms with Crippen LogP contribution >= 0.6 is 0 Å². The van der Waals surface area contributed by atoms with Crippen LogP contribution in [0.15, 0.2) is 0 Å². The maximum atomic E-state index is 14.1. The lowest BCUT2D eigenvalue weighted by Gasteiger charge is -2.46. The van der Waals surface area contributed by atoms with Crippen LogP contribution in [-0.2, 0) is 52.5 Å². The Bertz CT molecular complexity index is 1550. The highest BCUT2D eigenvalue weighted by molar-refractivity contribution is 5.84. The van der Waals surface area contributed by atoms with Crippen LogP contribution in [-0.4, -0.2) is 129 Å². The van der Waals surface area contributed by atoms with E-state index in [9.17, 15) is 28.8 Å². The van der Waals surface area contributed by atoms with Crippen LogP contribution in [0.5, 0.6) is 0 Å². The van der Waals surface area contributed by atoms with Crippen LogP contribution < -0.4 is 32.3 Å². The first kappa shape index (κ1) is 50.3. The van der Waals surface area contributed by atoms with Crippen molar-refractivity contribution in [3.63, 3.8) is 0 Å². The van der Waals surface area contributed by atoms with Crippen molar-refractivity contribution in [1.29, 1.82) is 0 Å². The normalized spacial score (nSPS) is 41.4. The number of amides is 5. The summed E-state index contributed by atoms with van der Waals surface area (Å²) in [5, 5.41) is 14.8. The number of hydrogen-bond donors (Lipinski definition) is 6. The molecule has 17 nitrogen and oxygen atoms in total. The number of carbonyl (C=O) groups excluding carboxylic acids is 6. The minimum absolute atomic E-state index is 0.0286. The highest BCUT2D eigenvalue weighted by Gasteiger charge is 2.49. The Balaban J connectivity index is 1.41. The fourth-order valence-corrected chi connectivity index (χ4v) is 9.75. The molecule has 7 N–H and O–H groups in total. The molecule has 20 atom stereocenters. The molecule has 5 amide bonds. The summed E-state index contributed by atoms with van der Waals surface area (Å²) in [4.78, 5) is 78.8. The van der Waals surface area contributed by atoms with E-state index in [1.165, 1.54) is 13.8 Å². The van der Waals surface area contributed by atoms with Crippen molar-refractivity contribution in [3.05, 3.63) is 0 Å². The highest BCUT2D eigenvalue weighted by Crippen LogP contribution is 2.37. The molecule has 348 valence electrons. The maximum Gasteiger partial charge on any atom is 0.337 e. The number of rotatable bonds is 14. The van der Waals surface area contributed by atoms with Gasteiger partial charge in [0.15, 0.2) is 12.2 Å².